The first kappa shape index (κ1) is 14.2. The summed E-state index contributed by atoms with van der Waals surface area (Å²) >= 11 is 5.39. The monoisotopic (exact) mass is 242 g/mol. The smallest absolute Gasteiger partial charge is 0.207 e. The molecule has 0 nitrogen and oxygen atoms in total. The first-order valence-corrected chi connectivity index (χ1v) is 4.73. The number of alkyl halides is 3. The van der Waals surface area contributed by atoms with Crippen LogP contribution in [0, 0.1) is 12.7 Å². The van der Waals surface area contributed by atoms with Crippen molar-refractivity contribution < 1.29 is 17.6 Å². The zero-order valence-electron chi connectivity index (χ0n) is 8.54. The molecule has 0 spiro atoms. The first-order valence-electron chi connectivity index (χ1n) is 4.35. The van der Waals surface area contributed by atoms with Gasteiger partial charge in [-0.1, -0.05) is 25.4 Å². The lowest BCUT2D eigenvalue weighted by molar-refractivity contribution is -0.137. The largest absolute Gasteiger partial charge is 0.416 e. The van der Waals surface area contributed by atoms with Gasteiger partial charge in [0, 0.05) is 10.6 Å². The second-order valence-electron chi connectivity index (χ2n) is 2.56. The molecular formula is C10H11ClF4. The molecule has 0 aliphatic carbocycles. The van der Waals surface area contributed by atoms with Crippen molar-refractivity contribution in [1.82, 2.24) is 0 Å². The second kappa shape index (κ2) is 5.35. The van der Waals surface area contributed by atoms with Gasteiger partial charge >= 0.3 is 6.18 Å². The van der Waals surface area contributed by atoms with Gasteiger partial charge in [-0.05, 0) is 19.1 Å². The van der Waals surface area contributed by atoms with Crippen molar-refractivity contribution in [2.45, 2.75) is 26.9 Å². The fraction of sp³-hybridized carbons (Fsp3) is 0.400. The van der Waals surface area contributed by atoms with Crippen molar-refractivity contribution in [3.05, 3.63) is 34.1 Å². The molecule has 0 unspecified atom stereocenters. The second-order valence-corrected chi connectivity index (χ2v) is 2.97. The average molecular weight is 243 g/mol. The maximum Gasteiger partial charge on any atom is 0.416 e. The number of halogens is 5. The van der Waals surface area contributed by atoms with Crippen LogP contribution in [0.3, 0.4) is 0 Å². The lowest BCUT2D eigenvalue weighted by atomic mass is 10.1. The third-order valence-corrected chi connectivity index (χ3v) is 2.00. The van der Waals surface area contributed by atoms with Crippen molar-refractivity contribution in [2.24, 2.45) is 0 Å². The highest BCUT2D eigenvalue weighted by molar-refractivity contribution is 6.31. The van der Waals surface area contributed by atoms with Gasteiger partial charge in [0.2, 0.25) is 0 Å². The van der Waals surface area contributed by atoms with Gasteiger partial charge in [0.05, 0.1) is 5.56 Å². The molecule has 0 heterocycles. The minimum absolute atomic E-state index is 0.0228. The maximum atomic E-state index is 12.8. The number of hydrogen-bond acceptors (Lipinski definition) is 0. The van der Waals surface area contributed by atoms with Gasteiger partial charge in [0.25, 0.3) is 0 Å². The van der Waals surface area contributed by atoms with E-state index in [0.29, 0.717) is 12.1 Å². The molecule has 1 aromatic rings. The molecule has 0 atom stereocenters. The van der Waals surface area contributed by atoms with E-state index >= 15 is 0 Å². The summed E-state index contributed by atoms with van der Waals surface area (Å²) in [4.78, 5) is 0. The fourth-order valence-corrected chi connectivity index (χ4v) is 1.02. The Hall–Kier alpha value is -0.770. The van der Waals surface area contributed by atoms with Crippen molar-refractivity contribution in [3.63, 3.8) is 0 Å². The van der Waals surface area contributed by atoms with Gasteiger partial charge in [0.1, 0.15) is 5.82 Å². The predicted molar refractivity (Wildman–Crippen MR) is 52.5 cm³/mol. The number of hydrogen-bond donors (Lipinski definition) is 0. The minimum atomic E-state index is -4.56. The van der Waals surface area contributed by atoms with Crippen molar-refractivity contribution in [2.75, 3.05) is 0 Å². The van der Waals surface area contributed by atoms with E-state index in [1.54, 1.807) is 0 Å². The summed E-state index contributed by atoms with van der Waals surface area (Å²) in [6, 6.07) is 1.14. The van der Waals surface area contributed by atoms with E-state index in [1.807, 2.05) is 13.8 Å². The zero-order chi connectivity index (χ0) is 12.2. The SMILES string of the molecule is CC.Cc1c(F)cc(C(F)(F)F)cc1Cl. The van der Waals surface area contributed by atoms with E-state index in [9.17, 15) is 17.6 Å². The van der Waals surface area contributed by atoms with Crippen molar-refractivity contribution in [3.8, 4) is 0 Å². The van der Waals surface area contributed by atoms with E-state index < -0.39 is 17.6 Å². The highest BCUT2D eigenvalue weighted by atomic mass is 35.5. The molecule has 0 aliphatic heterocycles. The van der Waals surface area contributed by atoms with Gasteiger partial charge in [-0.2, -0.15) is 13.2 Å². The standard InChI is InChI=1S/C8H5ClF4.C2H6/c1-4-6(9)2-5(3-7(4)10)8(11,12)13;1-2/h2-3H,1H3;1-2H3. The lowest BCUT2D eigenvalue weighted by Crippen LogP contribution is -2.06. The van der Waals surface area contributed by atoms with E-state index in [1.165, 1.54) is 6.92 Å². The average Bonchev–Trinajstić information content (AvgIpc) is 2.15. The van der Waals surface area contributed by atoms with Crippen LogP contribution >= 0.6 is 11.6 Å². The predicted octanol–water partition coefficient (Wildman–Crippen LogP) is 4.83. The Morgan fingerprint density at radius 2 is 1.60 bits per heavy atom. The molecule has 1 rings (SSSR count). The zero-order valence-corrected chi connectivity index (χ0v) is 9.30. The van der Waals surface area contributed by atoms with E-state index in [0.717, 1.165) is 0 Å². The van der Waals surface area contributed by atoms with Gasteiger partial charge in [-0.25, -0.2) is 4.39 Å². The molecule has 1 aromatic carbocycles. The summed E-state index contributed by atoms with van der Waals surface area (Å²) in [5, 5.41) is -0.215. The molecule has 0 radical (unpaired) electrons. The van der Waals surface area contributed by atoms with Gasteiger partial charge in [-0.15, -0.1) is 0 Å². The highest BCUT2D eigenvalue weighted by Crippen LogP contribution is 2.33. The molecule has 0 amide bonds. The number of benzene rings is 1. The molecule has 86 valence electrons. The topological polar surface area (TPSA) is 0 Å². The van der Waals surface area contributed by atoms with Crippen LogP contribution in [0.15, 0.2) is 12.1 Å². The van der Waals surface area contributed by atoms with Crippen LogP contribution in [-0.2, 0) is 6.18 Å². The third kappa shape index (κ3) is 3.70. The summed E-state index contributed by atoms with van der Waals surface area (Å²) in [7, 11) is 0. The first-order chi connectivity index (χ1) is 6.82. The molecule has 0 saturated carbocycles. The van der Waals surface area contributed by atoms with Crippen LogP contribution < -0.4 is 0 Å². The van der Waals surface area contributed by atoms with Crippen LogP contribution in [0.25, 0.3) is 0 Å². The van der Waals surface area contributed by atoms with Gasteiger partial charge < -0.3 is 0 Å². The third-order valence-electron chi connectivity index (χ3n) is 1.61. The van der Waals surface area contributed by atoms with E-state index in [2.05, 4.69) is 0 Å². The molecule has 5 heteroatoms. The van der Waals surface area contributed by atoms with Crippen molar-refractivity contribution in [1.29, 1.82) is 0 Å². The molecule has 0 aromatic heterocycles. The van der Waals surface area contributed by atoms with Crippen LogP contribution in [0.2, 0.25) is 5.02 Å². The quantitative estimate of drug-likeness (QED) is 0.572. The molecular weight excluding hydrogens is 232 g/mol. The van der Waals surface area contributed by atoms with Crippen molar-refractivity contribution >= 4 is 11.6 Å². The summed E-state index contributed by atoms with van der Waals surface area (Å²) in [6.45, 7) is 5.32. The Kier molecular flexibility index (Phi) is 5.08. The Labute approximate surface area is 90.9 Å². The van der Waals surface area contributed by atoms with E-state index in [4.69, 9.17) is 11.6 Å². The maximum absolute atomic E-state index is 12.8. The summed E-state index contributed by atoms with van der Waals surface area (Å²) < 4.78 is 48.9. The Balaban J connectivity index is 0.000000921. The minimum Gasteiger partial charge on any atom is -0.207 e. The fourth-order valence-electron chi connectivity index (χ4n) is 0.809. The van der Waals surface area contributed by atoms with Crippen LogP contribution in [0.4, 0.5) is 17.6 Å². The molecule has 0 fully saturated rings. The molecule has 0 aliphatic rings. The summed E-state index contributed by atoms with van der Waals surface area (Å²) in [5.41, 5.74) is -1.05. The normalized spacial score (nSPS) is 10.7. The van der Waals surface area contributed by atoms with Crippen LogP contribution in [0.5, 0.6) is 0 Å². The van der Waals surface area contributed by atoms with E-state index in [-0.39, 0.29) is 10.6 Å². The van der Waals surface area contributed by atoms with Crippen LogP contribution in [-0.4, -0.2) is 0 Å². The van der Waals surface area contributed by atoms with Gasteiger partial charge in [-0.3, -0.25) is 0 Å². The molecule has 0 N–H and O–H groups in total. The Morgan fingerprint density at radius 1 is 1.13 bits per heavy atom. The lowest BCUT2D eigenvalue weighted by Gasteiger charge is -2.08. The molecule has 0 bridgehead atoms. The van der Waals surface area contributed by atoms with Gasteiger partial charge in [0.15, 0.2) is 0 Å². The summed E-state index contributed by atoms with van der Waals surface area (Å²) in [5.74, 6) is -0.945. The highest BCUT2D eigenvalue weighted by Gasteiger charge is 2.31. The molecule has 0 saturated heterocycles. The Morgan fingerprint density at radius 3 is 1.93 bits per heavy atom. The van der Waals surface area contributed by atoms with Crippen LogP contribution in [0.1, 0.15) is 25.0 Å². The Bertz CT molecular complexity index is 308. The molecule has 15 heavy (non-hydrogen) atoms. The summed E-state index contributed by atoms with van der Waals surface area (Å²) in [6.07, 6.45) is -4.56. The number of rotatable bonds is 0.